The van der Waals surface area contributed by atoms with Crippen molar-refractivity contribution in [1.82, 2.24) is 14.8 Å². The van der Waals surface area contributed by atoms with Crippen LogP contribution in [0.15, 0.2) is 5.38 Å². The molecule has 1 aromatic heterocycles. The molecule has 1 aromatic rings. The average molecular weight is 274 g/mol. The van der Waals surface area contributed by atoms with Crippen LogP contribution < -0.4 is 0 Å². The number of likely N-dealkylation sites (N-methyl/N-ethyl adjacent to an activating group) is 1. The van der Waals surface area contributed by atoms with Crippen LogP contribution in [-0.2, 0) is 12.3 Å². The van der Waals surface area contributed by atoms with Crippen LogP contribution in [0.1, 0.15) is 17.6 Å². The smallest absolute Gasteiger partial charge is 0.0941 e. The maximum absolute atomic E-state index is 5.75. The van der Waals surface area contributed by atoms with Crippen molar-refractivity contribution in [2.75, 3.05) is 33.2 Å². The van der Waals surface area contributed by atoms with Gasteiger partial charge in [0.2, 0.25) is 0 Å². The molecule has 1 aliphatic heterocycles. The Morgan fingerprint density at radius 2 is 2.35 bits per heavy atom. The van der Waals surface area contributed by atoms with Crippen molar-refractivity contribution in [3.05, 3.63) is 16.1 Å². The molecule has 2 rings (SSSR count). The second-order valence-corrected chi connectivity index (χ2v) is 5.96. The van der Waals surface area contributed by atoms with Gasteiger partial charge in [0, 0.05) is 44.0 Å². The Hall–Kier alpha value is -0.160. The lowest BCUT2D eigenvalue weighted by Gasteiger charge is -2.37. The Morgan fingerprint density at radius 3 is 3.00 bits per heavy atom. The first-order valence-electron chi connectivity index (χ1n) is 6.11. The normalized spacial score (nSPS) is 23.1. The van der Waals surface area contributed by atoms with Crippen molar-refractivity contribution in [1.29, 1.82) is 0 Å². The van der Waals surface area contributed by atoms with E-state index in [0.717, 1.165) is 18.7 Å². The third-order valence-electron chi connectivity index (χ3n) is 3.42. The monoisotopic (exact) mass is 273 g/mol. The predicted molar refractivity (Wildman–Crippen MR) is 73.9 cm³/mol. The number of aromatic nitrogens is 1. The molecule has 0 aromatic carbocycles. The Labute approximate surface area is 112 Å². The number of alkyl halides is 1. The number of rotatable bonds is 4. The van der Waals surface area contributed by atoms with E-state index < -0.39 is 0 Å². The maximum Gasteiger partial charge on any atom is 0.0941 e. The average Bonchev–Trinajstić information content (AvgIpc) is 2.79. The van der Waals surface area contributed by atoms with Crippen LogP contribution in [0.3, 0.4) is 0 Å². The lowest BCUT2D eigenvalue weighted by molar-refractivity contribution is 0.106. The number of halogens is 1. The highest BCUT2D eigenvalue weighted by atomic mass is 35.5. The quantitative estimate of drug-likeness (QED) is 0.783. The Kier molecular flexibility index (Phi) is 4.79. The topological polar surface area (TPSA) is 19.4 Å². The van der Waals surface area contributed by atoms with E-state index in [-0.39, 0.29) is 0 Å². The summed E-state index contributed by atoms with van der Waals surface area (Å²) in [6.07, 6.45) is 1.05. The minimum absolute atomic E-state index is 0.530. The molecule has 0 radical (unpaired) electrons. The van der Waals surface area contributed by atoms with E-state index in [1.807, 2.05) is 0 Å². The van der Waals surface area contributed by atoms with E-state index >= 15 is 0 Å². The van der Waals surface area contributed by atoms with Gasteiger partial charge in [0.1, 0.15) is 0 Å². The van der Waals surface area contributed by atoms with Crippen molar-refractivity contribution in [2.24, 2.45) is 0 Å². The van der Waals surface area contributed by atoms with Crippen LogP contribution in [0.2, 0.25) is 0 Å². The summed E-state index contributed by atoms with van der Waals surface area (Å²) >= 11 is 7.48. The van der Waals surface area contributed by atoms with Crippen molar-refractivity contribution < 1.29 is 0 Å². The number of thiazole rings is 1. The van der Waals surface area contributed by atoms with E-state index in [2.05, 4.69) is 34.1 Å². The summed E-state index contributed by atoms with van der Waals surface area (Å²) in [5, 5.41) is 3.28. The summed E-state index contributed by atoms with van der Waals surface area (Å²) in [6.45, 7) is 6.93. The first-order valence-corrected chi connectivity index (χ1v) is 7.52. The minimum atomic E-state index is 0.530. The first kappa shape index (κ1) is 13.3. The number of hydrogen-bond acceptors (Lipinski definition) is 4. The van der Waals surface area contributed by atoms with Crippen molar-refractivity contribution in [3.8, 4) is 0 Å². The fourth-order valence-corrected chi connectivity index (χ4v) is 3.12. The Morgan fingerprint density at radius 1 is 1.53 bits per heavy atom. The minimum Gasteiger partial charge on any atom is -0.301 e. The first-order chi connectivity index (χ1) is 8.19. The summed E-state index contributed by atoms with van der Waals surface area (Å²) < 4.78 is 0. The van der Waals surface area contributed by atoms with Crippen LogP contribution in [0.4, 0.5) is 0 Å². The fourth-order valence-electron chi connectivity index (χ4n) is 2.11. The zero-order valence-corrected chi connectivity index (χ0v) is 12.1. The highest BCUT2D eigenvalue weighted by Crippen LogP contribution is 2.14. The second kappa shape index (κ2) is 6.14. The van der Waals surface area contributed by atoms with Crippen LogP contribution in [0, 0.1) is 0 Å². The van der Waals surface area contributed by atoms with Crippen LogP contribution in [0.5, 0.6) is 0 Å². The predicted octanol–water partition coefficient (Wildman–Crippen LogP) is 2.06. The molecule has 5 heteroatoms. The summed E-state index contributed by atoms with van der Waals surface area (Å²) in [6, 6.07) is 0.665. The van der Waals surface area contributed by atoms with E-state index in [1.165, 1.54) is 24.6 Å². The van der Waals surface area contributed by atoms with E-state index in [4.69, 9.17) is 11.6 Å². The standard InChI is InChI=1S/C12H20ClN3S/c1-10-8-16(6-5-15(10)2)4-3-12-14-11(7-13)9-17-12/h9-10H,3-8H2,1-2H3. The number of piperazine rings is 1. The number of nitrogens with zero attached hydrogens (tertiary/aromatic N) is 3. The van der Waals surface area contributed by atoms with Gasteiger partial charge in [-0.1, -0.05) is 0 Å². The largest absolute Gasteiger partial charge is 0.301 e. The lowest BCUT2D eigenvalue weighted by Crippen LogP contribution is -2.50. The number of hydrogen-bond donors (Lipinski definition) is 0. The zero-order valence-electron chi connectivity index (χ0n) is 10.5. The van der Waals surface area contributed by atoms with Crippen molar-refractivity contribution in [2.45, 2.75) is 25.3 Å². The molecular weight excluding hydrogens is 254 g/mol. The van der Waals surface area contributed by atoms with Gasteiger partial charge in [0.25, 0.3) is 0 Å². The molecule has 3 nitrogen and oxygen atoms in total. The summed E-state index contributed by atoms with van der Waals surface area (Å²) in [7, 11) is 2.20. The molecule has 2 heterocycles. The molecule has 1 fully saturated rings. The third-order valence-corrected chi connectivity index (χ3v) is 4.65. The van der Waals surface area contributed by atoms with Gasteiger partial charge in [-0.25, -0.2) is 4.98 Å². The highest BCUT2D eigenvalue weighted by molar-refractivity contribution is 7.09. The molecule has 1 saturated heterocycles. The van der Waals surface area contributed by atoms with Gasteiger partial charge in [-0.05, 0) is 14.0 Å². The molecule has 0 aliphatic carbocycles. The summed E-state index contributed by atoms with van der Waals surface area (Å²) in [5.74, 6) is 0.530. The van der Waals surface area contributed by atoms with Gasteiger partial charge >= 0.3 is 0 Å². The van der Waals surface area contributed by atoms with Crippen LogP contribution in [0.25, 0.3) is 0 Å². The molecule has 0 saturated carbocycles. The fraction of sp³-hybridized carbons (Fsp3) is 0.750. The molecule has 1 aliphatic rings. The van der Waals surface area contributed by atoms with Gasteiger partial charge in [-0.2, -0.15) is 0 Å². The van der Waals surface area contributed by atoms with Crippen molar-refractivity contribution >= 4 is 22.9 Å². The molecule has 0 bridgehead atoms. The van der Waals surface area contributed by atoms with E-state index in [9.17, 15) is 0 Å². The lowest BCUT2D eigenvalue weighted by atomic mass is 10.2. The van der Waals surface area contributed by atoms with E-state index in [0.29, 0.717) is 11.9 Å². The van der Waals surface area contributed by atoms with Gasteiger partial charge in [0.05, 0.1) is 16.6 Å². The molecule has 96 valence electrons. The molecule has 1 unspecified atom stereocenters. The summed E-state index contributed by atoms with van der Waals surface area (Å²) in [5.41, 5.74) is 1.01. The second-order valence-electron chi connectivity index (χ2n) is 4.75. The maximum atomic E-state index is 5.75. The molecule has 1 atom stereocenters. The molecule has 17 heavy (non-hydrogen) atoms. The van der Waals surface area contributed by atoms with Gasteiger partial charge < -0.3 is 9.80 Å². The molecule has 0 spiro atoms. The zero-order chi connectivity index (χ0) is 12.3. The highest BCUT2D eigenvalue weighted by Gasteiger charge is 2.20. The van der Waals surface area contributed by atoms with Gasteiger partial charge in [-0.15, -0.1) is 22.9 Å². The Bertz CT molecular complexity index is 355. The van der Waals surface area contributed by atoms with Crippen LogP contribution in [-0.4, -0.2) is 54.1 Å². The molecule has 0 amide bonds. The summed E-state index contributed by atoms with van der Waals surface area (Å²) in [4.78, 5) is 9.45. The molecular formula is C12H20ClN3S. The van der Waals surface area contributed by atoms with Crippen LogP contribution >= 0.6 is 22.9 Å². The van der Waals surface area contributed by atoms with Gasteiger partial charge in [0.15, 0.2) is 0 Å². The SMILES string of the molecule is CC1CN(CCc2nc(CCl)cs2)CCN1C. The third kappa shape index (κ3) is 3.65. The Balaban J connectivity index is 1.78. The van der Waals surface area contributed by atoms with Crippen molar-refractivity contribution in [3.63, 3.8) is 0 Å². The van der Waals surface area contributed by atoms with E-state index in [1.54, 1.807) is 11.3 Å². The molecule has 0 N–H and O–H groups in total. The van der Waals surface area contributed by atoms with Gasteiger partial charge in [-0.3, -0.25) is 0 Å².